The maximum absolute atomic E-state index is 10.0. The first kappa shape index (κ1) is 13.5. The van der Waals surface area contributed by atoms with Gasteiger partial charge in [-0.3, -0.25) is 4.68 Å². The number of halogens is 1. The first-order valence-electron chi connectivity index (χ1n) is 5.56. The molecule has 1 atom stereocenters. The smallest absolute Gasteiger partial charge is 0.0993 e. The number of nitrogens with zero attached hydrogens (tertiary/aromatic N) is 2. The van der Waals surface area contributed by atoms with Gasteiger partial charge in [-0.25, -0.2) is 0 Å². The van der Waals surface area contributed by atoms with E-state index in [9.17, 15) is 5.11 Å². The Balaban J connectivity index is 2.73. The van der Waals surface area contributed by atoms with Crippen molar-refractivity contribution in [1.82, 2.24) is 9.78 Å². The van der Waals surface area contributed by atoms with Gasteiger partial charge < -0.3 is 9.84 Å². The number of ether oxygens (including phenoxy) is 1. The summed E-state index contributed by atoms with van der Waals surface area (Å²) < 4.78 is 6.96. The van der Waals surface area contributed by atoms with E-state index in [0.717, 1.165) is 0 Å². The van der Waals surface area contributed by atoms with Crippen LogP contribution in [0.1, 0.15) is 45.0 Å². The molecule has 0 radical (unpaired) electrons. The molecule has 0 saturated carbocycles. The molecule has 0 amide bonds. The number of aromatic nitrogens is 2. The predicted octanol–water partition coefficient (Wildman–Crippen LogP) is 2.58. The average Bonchev–Trinajstić information content (AvgIpc) is 2.60. The Morgan fingerprint density at radius 1 is 1.56 bits per heavy atom. The monoisotopic (exact) mass is 246 g/mol. The molecule has 16 heavy (non-hydrogen) atoms. The summed E-state index contributed by atoms with van der Waals surface area (Å²) in [6, 6.07) is 0.184. The number of aliphatic hydroxyl groups is 1. The highest BCUT2D eigenvalue weighted by Crippen LogP contribution is 2.27. The Kier molecular flexibility index (Phi) is 5.25. The largest absolute Gasteiger partial charge is 0.387 e. The summed E-state index contributed by atoms with van der Waals surface area (Å²) in [5, 5.41) is 14.7. The highest BCUT2D eigenvalue weighted by molar-refractivity contribution is 6.31. The van der Waals surface area contributed by atoms with Crippen LogP contribution in [0.4, 0.5) is 0 Å². The van der Waals surface area contributed by atoms with Gasteiger partial charge in [0.25, 0.3) is 0 Å². The molecule has 0 saturated heterocycles. The van der Waals surface area contributed by atoms with E-state index in [2.05, 4.69) is 5.10 Å². The van der Waals surface area contributed by atoms with E-state index in [4.69, 9.17) is 16.3 Å². The molecule has 0 fully saturated rings. The summed E-state index contributed by atoms with van der Waals surface area (Å²) in [5.74, 6) is 0. The first-order valence-corrected chi connectivity index (χ1v) is 5.94. The van der Waals surface area contributed by atoms with Crippen LogP contribution in [0.5, 0.6) is 0 Å². The van der Waals surface area contributed by atoms with Gasteiger partial charge in [0.1, 0.15) is 0 Å². The minimum absolute atomic E-state index is 0.184. The summed E-state index contributed by atoms with van der Waals surface area (Å²) >= 11 is 6.01. The lowest BCUT2D eigenvalue weighted by atomic mass is 10.2. The molecule has 0 aliphatic carbocycles. The van der Waals surface area contributed by atoms with Gasteiger partial charge in [0.2, 0.25) is 0 Å². The highest BCUT2D eigenvalue weighted by atomic mass is 35.5. The van der Waals surface area contributed by atoms with E-state index in [1.165, 1.54) is 0 Å². The van der Waals surface area contributed by atoms with Gasteiger partial charge in [0, 0.05) is 25.7 Å². The number of hydrogen-bond acceptors (Lipinski definition) is 3. The molecule has 1 heterocycles. The fourth-order valence-corrected chi connectivity index (χ4v) is 1.81. The van der Waals surface area contributed by atoms with E-state index in [-0.39, 0.29) is 6.04 Å². The van der Waals surface area contributed by atoms with Crippen LogP contribution in [0.2, 0.25) is 5.02 Å². The molecular formula is C11H19ClN2O2. The lowest BCUT2D eigenvalue weighted by molar-refractivity contribution is 0.0835. The predicted molar refractivity (Wildman–Crippen MR) is 63.7 cm³/mol. The van der Waals surface area contributed by atoms with Crippen LogP contribution < -0.4 is 0 Å². The summed E-state index contributed by atoms with van der Waals surface area (Å²) in [7, 11) is 0. The third-order valence-corrected chi connectivity index (χ3v) is 2.62. The standard InChI is InChI=1S/C11H19ClN2O2/c1-4-16-6-5-10(15)11-9(12)7-13-14(11)8(2)3/h7-8,10,15H,4-6H2,1-3H3. The molecule has 4 nitrogen and oxygen atoms in total. The molecule has 1 aromatic rings. The van der Waals surface area contributed by atoms with Gasteiger partial charge in [-0.1, -0.05) is 11.6 Å². The van der Waals surface area contributed by atoms with Crippen LogP contribution in [0.3, 0.4) is 0 Å². The molecule has 0 aromatic carbocycles. The summed E-state index contributed by atoms with van der Waals surface area (Å²) in [5.41, 5.74) is 0.677. The molecule has 1 unspecified atom stereocenters. The summed E-state index contributed by atoms with van der Waals surface area (Å²) in [6.07, 6.45) is 1.48. The van der Waals surface area contributed by atoms with Gasteiger partial charge in [-0.05, 0) is 20.8 Å². The molecule has 1 rings (SSSR count). The lowest BCUT2D eigenvalue weighted by Gasteiger charge is -2.16. The Bertz CT molecular complexity index is 326. The molecule has 92 valence electrons. The SMILES string of the molecule is CCOCCC(O)c1c(Cl)cnn1C(C)C. The second kappa shape index (κ2) is 6.23. The number of hydrogen-bond donors (Lipinski definition) is 1. The molecule has 0 aliphatic heterocycles. The van der Waals surface area contributed by atoms with Crippen molar-refractivity contribution >= 4 is 11.6 Å². The minimum Gasteiger partial charge on any atom is -0.387 e. The van der Waals surface area contributed by atoms with Crippen LogP contribution in [0, 0.1) is 0 Å². The van der Waals surface area contributed by atoms with Crippen LogP contribution in [-0.4, -0.2) is 28.1 Å². The summed E-state index contributed by atoms with van der Waals surface area (Å²) in [6.45, 7) is 7.11. The third kappa shape index (κ3) is 3.20. The maximum atomic E-state index is 10.0. The summed E-state index contributed by atoms with van der Waals surface area (Å²) in [4.78, 5) is 0. The zero-order valence-corrected chi connectivity index (χ0v) is 10.7. The van der Waals surface area contributed by atoms with Crippen molar-refractivity contribution < 1.29 is 9.84 Å². The van der Waals surface area contributed by atoms with Crippen molar-refractivity contribution in [3.05, 3.63) is 16.9 Å². The lowest BCUT2D eigenvalue weighted by Crippen LogP contribution is -2.13. The van der Waals surface area contributed by atoms with Gasteiger partial charge in [-0.2, -0.15) is 5.10 Å². The van der Waals surface area contributed by atoms with Crippen molar-refractivity contribution in [2.75, 3.05) is 13.2 Å². The van der Waals surface area contributed by atoms with Crippen molar-refractivity contribution in [3.8, 4) is 0 Å². The van der Waals surface area contributed by atoms with Gasteiger partial charge in [-0.15, -0.1) is 0 Å². The second-order valence-corrected chi connectivity index (χ2v) is 4.32. The minimum atomic E-state index is -0.621. The van der Waals surface area contributed by atoms with E-state index < -0.39 is 6.10 Å². The highest BCUT2D eigenvalue weighted by Gasteiger charge is 2.19. The Morgan fingerprint density at radius 2 is 2.25 bits per heavy atom. The third-order valence-electron chi connectivity index (χ3n) is 2.33. The van der Waals surface area contributed by atoms with E-state index in [1.807, 2.05) is 20.8 Å². The molecule has 1 N–H and O–H groups in total. The molecule has 5 heteroatoms. The van der Waals surface area contributed by atoms with E-state index in [0.29, 0.717) is 30.4 Å². The van der Waals surface area contributed by atoms with Crippen molar-refractivity contribution in [2.24, 2.45) is 0 Å². The Hall–Kier alpha value is -0.580. The van der Waals surface area contributed by atoms with Crippen LogP contribution in [0.25, 0.3) is 0 Å². The van der Waals surface area contributed by atoms with Crippen molar-refractivity contribution in [1.29, 1.82) is 0 Å². The molecule has 0 spiro atoms. The normalized spacial score (nSPS) is 13.4. The van der Waals surface area contributed by atoms with Crippen LogP contribution >= 0.6 is 11.6 Å². The second-order valence-electron chi connectivity index (χ2n) is 3.92. The molecule has 0 bridgehead atoms. The topological polar surface area (TPSA) is 47.3 Å². The quantitative estimate of drug-likeness (QED) is 0.785. The maximum Gasteiger partial charge on any atom is 0.0993 e. The molecule has 1 aromatic heterocycles. The van der Waals surface area contributed by atoms with Gasteiger partial charge in [0.15, 0.2) is 0 Å². The molecular weight excluding hydrogens is 228 g/mol. The van der Waals surface area contributed by atoms with E-state index >= 15 is 0 Å². The Labute approximate surface area is 101 Å². The van der Waals surface area contributed by atoms with Crippen LogP contribution in [0.15, 0.2) is 6.20 Å². The van der Waals surface area contributed by atoms with Gasteiger partial charge in [0.05, 0.1) is 23.0 Å². The van der Waals surface area contributed by atoms with Crippen molar-refractivity contribution in [2.45, 2.75) is 39.3 Å². The number of rotatable bonds is 6. The van der Waals surface area contributed by atoms with Crippen LogP contribution in [-0.2, 0) is 4.74 Å². The number of aliphatic hydroxyl groups excluding tert-OH is 1. The fourth-order valence-electron chi connectivity index (χ4n) is 1.55. The zero-order chi connectivity index (χ0) is 12.1. The first-order chi connectivity index (χ1) is 7.57. The zero-order valence-electron chi connectivity index (χ0n) is 9.98. The average molecular weight is 247 g/mol. The van der Waals surface area contributed by atoms with Crippen molar-refractivity contribution in [3.63, 3.8) is 0 Å². The van der Waals surface area contributed by atoms with E-state index in [1.54, 1.807) is 10.9 Å². The molecule has 0 aliphatic rings. The van der Waals surface area contributed by atoms with Gasteiger partial charge >= 0.3 is 0 Å². The fraction of sp³-hybridized carbons (Fsp3) is 0.727. The Morgan fingerprint density at radius 3 is 2.81 bits per heavy atom.